The van der Waals surface area contributed by atoms with E-state index < -0.39 is 5.23 Å². The van der Waals surface area contributed by atoms with Gasteiger partial charge >= 0.3 is 5.97 Å². The number of halogens is 1. The van der Waals surface area contributed by atoms with Gasteiger partial charge in [-0.2, -0.15) is 5.23 Å². The molecule has 0 radical (unpaired) electrons. The number of carbonyl (C=O) groups is 1. The Kier molecular flexibility index (Phi) is 5.66. The molecule has 0 aliphatic heterocycles. The Balaban J connectivity index is 2.62. The predicted octanol–water partition coefficient (Wildman–Crippen LogP) is 0.794. The second-order valence-electron chi connectivity index (χ2n) is 2.89. The Labute approximate surface area is 107 Å². The molecule has 0 aromatic carbocycles. The molecule has 0 fully saturated rings. The minimum Gasteiger partial charge on any atom is -0.595 e. The largest absolute Gasteiger partial charge is 0.595 e. The first-order chi connectivity index (χ1) is 8.04. The van der Waals surface area contributed by atoms with Crippen molar-refractivity contribution < 1.29 is 20.0 Å². The summed E-state index contributed by atoms with van der Waals surface area (Å²) in [5, 5.41) is 18.7. The zero-order valence-electron chi connectivity index (χ0n) is 8.97. The van der Waals surface area contributed by atoms with Crippen LogP contribution in [0.1, 0.15) is 6.92 Å². The number of hydrogen-bond acceptors (Lipinski definition) is 6. The molecule has 0 bridgehead atoms. The number of esters is 1. The van der Waals surface area contributed by atoms with Crippen LogP contribution in [0.2, 0.25) is 5.15 Å². The predicted molar refractivity (Wildman–Crippen MR) is 62.4 cm³/mol. The number of quaternary nitrogens is 1. The molecule has 1 heterocycles. The summed E-state index contributed by atoms with van der Waals surface area (Å²) >= 11 is 6.82. The molecule has 0 saturated heterocycles. The maximum absolute atomic E-state index is 11.1. The highest BCUT2D eigenvalue weighted by Crippen LogP contribution is 2.22. The van der Waals surface area contributed by atoms with Crippen LogP contribution in [-0.2, 0) is 9.53 Å². The van der Waals surface area contributed by atoms with Gasteiger partial charge in [-0.05, 0) is 13.0 Å². The minimum atomic E-state index is -1.13. The van der Waals surface area contributed by atoms with Crippen molar-refractivity contribution in [2.75, 3.05) is 12.4 Å². The van der Waals surface area contributed by atoms with Crippen LogP contribution in [0.5, 0.6) is 0 Å². The quantitative estimate of drug-likeness (QED) is 0.358. The third-order valence-electron chi connectivity index (χ3n) is 1.70. The van der Waals surface area contributed by atoms with Crippen LogP contribution >= 0.6 is 23.4 Å². The van der Waals surface area contributed by atoms with Gasteiger partial charge in [0.2, 0.25) is 5.69 Å². The van der Waals surface area contributed by atoms with Gasteiger partial charge in [-0.25, -0.2) is 10.2 Å². The Hall–Kier alpha value is -0.860. The van der Waals surface area contributed by atoms with Gasteiger partial charge in [0.15, 0.2) is 5.15 Å². The molecule has 1 aromatic heterocycles. The van der Waals surface area contributed by atoms with Crippen molar-refractivity contribution >= 4 is 35.0 Å². The molecule has 17 heavy (non-hydrogen) atoms. The minimum absolute atomic E-state index is 0.0628. The Bertz CT molecular complexity index is 403. The number of rotatable bonds is 5. The van der Waals surface area contributed by atoms with Crippen molar-refractivity contribution in [1.29, 1.82) is 0 Å². The Morgan fingerprint density at radius 3 is 2.94 bits per heavy atom. The summed E-state index contributed by atoms with van der Waals surface area (Å²) in [6.07, 6.45) is 0. The molecule has 0 amide bonds. The molecule has 1 aromatic rings. The van der Waals surface area contributed by atoms with Crippen LogP contribution in [0.3, 0.4) is 0 Å². The number of carbonyl (C=O) groups excluding carboxylic acids is 1. The van der Waals surface area contributed by atoms with Crippen molar-refractivity contribution in [2.24, 2.45) is 0 Å². The lowest BCUT2D eigenvalue weighted by atomic mass is 10.4. The lowest BCUT2D eigenvalue weighted by Crippen LogP contribution is -2.99. The fourth-order valence-corrected chi connectivity index (χ4v) is 1.95. The Morgan fingerprint density at radius 1 is 1.71 bits per heavy atom. The van der Waals surface area contributed by atoms with Gasteiger partial charge in [0, 0.05) is 6.07 Å². The molecule has 1 rings (SSSR count). The van der Waals surface area contributed by atoms with Crippen molar-refractivity contribution in [3.63, 3.8) is 0 Å². The van der Waals surface area contributed by atoms with Gasteiger partial charge in [0.1, 0.15) is 0 Å². The first-order valence-corrected chi connectivity index (χ1v) is 6.09. The monoisotopic (exact) mass is 278 g/mol. The average molecular weight is 279 g/mol. The molecule has 94 valence electrons. The van der Waals surface area contributed by atoms with Crippen LogP contribution in [0, 0.1) is 5.21 Å². The maximum Gasteiger partial charge on any atom is 0.316 e. The number of hydrogen-bond donors (Lipinski definition) is 2. The van der Waals surface area contributed by atoms with E-state index in [1.807, 2.05) is 0 Å². The first kappa shape index (κ1) is 14.2. The highest BCUT2D eigenvalue weighted by molar-refractivity contribution is 7.99. The van der Waals surface area contributed by atoms with Crippen molar-refractivity contribution in [3.8, 4) is 0 Å². The number of pyridine rings is 1. The maximum atomic E-state index is 11.1. The molecule has 1 unspecified atom stereocenters. The van der Waals surface area contributed by atoms with E-state index in [-0.39, 0.29) is 22.6 Å². The van der Waals surface area contributed by atoms with E-state index >= 15 is 0 Å². The van der Waals surface area contributed by atoms with E-state index in [2.05, 4.69) is 4.98 Å². The fourth-order valence-electron chi connectivity index (χ4n) is 0.993. The number of thioether (sulfide) groups is 1. The highest BCUT2D eigenvalue weighted by Gasteiger charge is 2.11. The zero-order chi connectivity index (χ0) is 12.8. The van der Waals surface area contributed by atoms with Crippen molar-refractivity contribution in [2.45, 2.75) is 11.9 Å². The van der Waals surface area contributed by atoms with Gasteiger partial charge in [-0.3, -0.25) is 4.79 Å². The smallest absolute Gasteiger partial charge is 0.316 e. The van der Waals surface area contributed by atoms with Crippen LogP contribution in [-0.4, -0.2) is 28.5 Å². The van der Waals surface area contributed by atoms with Gasteiger partial charge in [-0.15, -0.1) is 0 Å². The molecule has 0 saturated carbocycles. The summed E-state index contributed by atoms with van der Waals surface area (Å²) in [6.45, 7) is 2.05. The van der Waals surface area contributed by atoms with Crippen molar-refractivity contribution in [1.82, 2.24) is 4.98 Å². The van der Waals surface area contributed by atoms with E-state index in [0.717, 1.165) is 11.8 Å². The molecule has 6 nitrogen and oxygen atoms in total. The summed E-state index contributed by atoms with van der Waals surface area (Å²) in [6, 6.07) is 2.85. The van der Waals surface area contributed by atoms with Crippen LogP contribution < -0.4 is 5.23 Å². The Morgan fingerprint density at radius 2 is 2.41 bits per heavy atom. The summed E-state index contributed by atoms with van der Waals surface area (Å²) in [5.74, 6) is -0.235. The molecular formula is C9H11ClN2O4S. The SMILES string of the molecule is CCOC(=O)CSc1ccc([NH+]([O-])O)c(Cl)n1. The number of ether oxygens (including phenoxy) is 1. The average Bonchev–Trinajstić information content (AvgIpc) is 2.26. The topological polar surface area (TPSA) is 86.9 Å². The second kappa shape index (κ2) is 6.77. The fraction of sp³-hybridized carbons (Fsp3) is 0.333. The molecule has 0 spiro atoms. The summed E-state index contributed by atoms with van der Waals surface area (Å²) in [7, 11) is 0. The summed E-state index contributed by atoms with van der Waals surface area (Å²) in [5.41, 5.74) is -0.0628. The standard InChI is InChI=1S/C9H11ClN2O4S/c1-2-16-8(13)5-17-7-4-3-6(12(14)15)9(10)11-7/h3-4,12,14H,2,5H2,1H3. The number of nitrogens with zero attached hydrogens (tertiary/aromatic N) is 1. The van der Waals surface area contributed by atoms with Gasteiger partial charge in [-0.1, -0.05) is 23.4 Å². The zero-order valence-corrected chi connectivity index (χ0v) is 10.5. The van der Waals surface area contributed by atoms with Crippen LogP contribution in [0.25, 0.3) is 0 Å². The lowest BCUT2D eigenvalue weighted by Gasteiger charge is -2.12. The normalized spacial score (nSPS) is 12.2. The second-order valence-corrected chi connectivity index (χ2v) is 4.24. The first-order valence-electron chi connectivity index (χ1n) is 4.72. The third kappa shape index (κ3) is 4.49. The van der Waals surface area contributed by atoms with E-state index in [9.17, 15) is 10.0 Å². The van der Waals surface area contributed by atoms with Crippen molar-refractivity contribution in [3.05, 3.63) is 22.5 Å². The highest BCUT2D eigenvalue weighted by atomic mass is 35.5. The van der Waals surface area contributed by atoms with E-state index in [0.29, 0.717) is 11.6 Å². The number of nitrogens with one attached hydrogen (secondary N) is 1. The van der Waals surface area contributed by atoms with Crippen LogP contribution in [0.4, 0.5) is 5.69 Å². The van der Waals surface area contributed by atoms with E-state index in [1.165, 1.54) is 12.1 Å². The summed E-state index contributed by atoms with van der Waals surface area (Å²) < 4.78 is 4.74. The van der Waals surface area contributed by atoms with E-state index in [1.54, 1.807) is 6.92 Å². The van der Waals surface area contributed by atoms with Gasteiger partial charge < -0.3 is 9.94 Å². The molecule has 0 aliphatic rings. The molecule has 1 atom stereocenters. The lowest BCUT2D eigenvalue weighted by molar-refractivity contribution is -0.991. The van der Waals surface area contributed by atoms with Crippen LogP contribution in [0.15, 0.2) is 17.2 Å². The third-order valence-corrected chi connectivity index (χ3v) is 2.89. The molecular weight excluding hydrogens is 268 g/mol. The molecule has 0 aliphatic carbocycles. The summed E-state index contributed by atoms with van der Waals surface area (Å²) in [4.78, 5) is 14.9. The molecule has 2 N–H and O–H groups in total. The van der Waals surface area contributed by atoms with E-state index in [4.69, 9.17) is 21.5 Å². The molecule has 8 heteroatoms. The van der Waals surface area contributed by atoms with Gasteiger partial charge in [0.25, 0.3) is 0 Å². The number of aromatic nitrogens is 1. The van der Waals surface area contributed by atoms with Gasteiger partial charge in [0.05, 0.1) is 17.4 Å².